The van der Waals surface area contributed by atoms with Crippen molar-refractivity contribution in [1.29, 1.82) is 0 Å². The van der Waals surface area contributed by atoms with Crippen LogP contribution in [0.25, 0.3) is 0 Å². The van der Waals surface area contributed by atoms with Gasteiger partial charge in [-0.1, -0.05) is 35.3 Å². The number of hydrogen-bond acceptors (Lipinski definition) is 3. The van der Waals surface area contributed by atoms with E-state index in [0.29, 0.717) is 34.1 Å². The second kappa shape index (κ2) is 8.97. The zero-order valence-electron chi connectivity index (χ0n) is 15.6. The Labute approximate surface area is 174 Å². The van der Waals surface area contributed by atoms with Crippen LogP contribution in [-0.4, -0.2) is 23.7 Å². The molecule has 0 bridgehead atoms. The molecule has 2 aromatic rings. The summed E-state index contributed by atoms with van der Waals surface area (Å²) in [5.41, 5.74) is 3.00. The number of carbonyl (C=O) groups is 2. The average Bonchev–Trinajstić information content (AvgIpc) is 3.56. The van der Waals surface area contributed by atoms with Crippen LogP contribution in [0.4, 0.5) is 0 Å². The molecule has 0 heterocycles. The third-order valence-corrected chi connectivity index (χ3v) is 5.46. The molecule has 4 rings (SSSR count). The van der Waals surface area contributed by atoms with Crippen molar-refractivity contribution in [2.45, 2.75) is 44.4 Å². The molecule has 0 amide bonds. The summed E-state index contributed by atoms with van der Waals surface area (Å²) in [6, 6.07) is 10.9. The lowest BCUT2D eigenvalue weighted by Crippen LogP contribution is -2.05. The molecule has 2 fully saturated rings. The highest BCUT2D eigenvalue weighted by Gasteiger charge is 2.25. The van der Waals surface area contributed by atoms with E-state index in [1.165, 1.54) is 31.2 Å². The summed E-state index contributed by atoms with van der Waals surface area (Å²) in [5.74, 6) is -0.0942. The van der Waals surface area contributed by atoms with Crippen LogP contribution in [0.1, 0.15) is 76.3 Å². The number of halogens is 2. The second-order valence-electron chi connectivity index (χ2n) is 7.05. The van der Waals surface area contributed by atoms with Gasteiger partial charge in [0.05, 0.1) is 27.8 Å². The van der Waals surface area contributed by atoms with E-state index in [1.807, 2.05) is 18.2 Å². The molecule has 28 heavy (non-hydrogen) atoms. The Morgan fingerprint density at radius 1 is 0.929 bits per heavy atom. The Bertz CT molecular complexity index is 886. The molecule has 148 valence electrons. The molecule has 0 spiro atoms. The van der Waals surface area contributed by atoms with Gasteiger partial charge in [-0.15, -0.1) is 0 Å². The van der Waals surface area contributed by atoms with Gasteiger partial charge >= 0.3 is 11.9 Å². The van der Waals surface area contributed by atoms with Gasteiger partial charge in [0.2, 0.25) is 0 Å². The maximum absolute atomic E-state index is 11.6. The monoisotopic (exact) mass is 420 g/mol. The van der Waals surface area contributed by atoms with Gasteiger partial charge in [-0.3, -0.25) is 0 Å². The Morgan fingerprint density at radius 3 is 1.82 bits per heavy atom. The van der Waals surface area contributed by atoms with Gasteiger partial charge in [0.25, 0.3) is 0 Å². The summed E-state index contributed by atoms with van der Waals surface area (Å²) in [4.78, 5) is 22.3. The summed E-state index contributed by atoms with van der Waals surface area (Å²) in [6.45, 7) is 2.17. The lowest BCUT2D eigenvalue weighted by Gasteiger charge is -2.06. The topological polar surface area (TPSA) is 63.6 Å². The van der Waals surface area contributed by atoms with E-state index < -0.39 is 5.97 Å². The molecule has 2 aliphatic rings. The van der Waals surface area contributed by atoms with Crippen LogP contribution in [0.15, 0.2) is 36.4 Å². The van der Waals surface area contributed by atoms with Gasteiger partial charge in [0, 0.05) is 0 Å². The number of carboxylic acids is 1. The van der Waals surface area contributed by atoms with Crippen molar-refractivity contribution in [2.24, 2.45) is 0 Å². The normalized spacial score (nSPS) is 15.4. The standard InChI is InChI=1S/C12H13ClO2.C10H9ClO2/c1-2-15-12(14)10-7-9(8-3-4-8)5-6-11(10)13;11-9-4-3-7(6-1-2-6)5-8(9)10(12)13/h5-8H,2-4H2,1H3;3-6H,1-2H2,(H,12,13). The third-order valence-electron chi connectivity index (χ3n) is 4.80. The minimum atomic E-state index is -0.951. The first-order valence-corrected chi connectivity index (χ1v) is 10.2. The van der Waals surface area contributed by atoms with E-state index in [1.54, 1.807) is 25.1 Å². The highest BCUT2D eigenvalue weighted by atomic mass is 35.5. The summed E-state index contributed by atoms with van der Waals surface area (Å²) in [7, 11) is 0. The van der Waals surface area contributed by atoms with Crippen molar-refractivity contribution < 1.29 is 19.4 Å². The third kappa shape index (κ3) is 5.27. The minimum Gasteiger partial charge on any atom is -0.478 e. The van der Waals surface area contributed by atoms with Gasteiger partial charge in [-0.25, -0.2) is 9.59 Å². The number of hydrogen-bond donors (Lipinski definition) is 1. The van der Waals surface area contributed by atoms with Gasteiger partial charge in [-0.2, -0.15) is 0 Å². The van der Waals surface area contributed by atoms with Crippen molar-refractivity contribution in [2.75, 3.05) is 6.61 Å². The smallest absolute Gasteiger partial charge is 0.339 e. The average molecular weight is 421 g/mol. The molecule has 0 unspecified atom stereocenters. The SMILES string of the molecule is CCOC(=O)c1cc(C2CC2)ccc1Cl.O=C(O)c1cc(C2CC2)ccc1Cl. The fourth-order valence-corrected chi connectivity index (χ4v) is 3.35. The van der Waals surface area contributed by atoms with Crippen LogP contribution in [0, 0.1) is 0 Å². The molecule has 2 aliphatic carbocycles. The molecule has 4 nitrogen and oxygen atoms in total. The summed E-state index contributed by atoms with van der Waals surface area (Å²) < 4.78 is 4.94. The van der Waals surface area contributed by atoms with E-state index in [2.05, 4.69) is 0 Å². The fraction of sp³-hybridized carbons (Fsp3) is 0.364. The highest BCUT2D eigenvalue weighted by molar-refractivity contribution is 6.34. The molecule has 6 heteroatoms. The van der Waals surface area contributed by atoms with Gasteiger partial charge in [0.1, 0.15) is 0 Å². The van der Waals surface area contributed by atoms with E-state index in [-0.39, 0.29) is 11.5 Å². The van der Waals surface area contributed by atoms with Crippen molar-refractivity contribution in [3.05, 3.63) is 68.7 Å². The zero-order valence-corrected chi connectivity index (χ0v) is 17.1. The zero-order chi connectivity index (χ0) is 20.3. The van der Waals surface area contributed by atoms with Crippen molar-refractivity contribution in [3.8, 4) is 0 Å². The van der Waals surface area contributed by atoms with Crippen LogP contribution in [0.3, 0.4) is 0 Å². The van der Waals surface area contributed by atoms with Crippen molar-refractivity contribution in [1.82, 2.24) is 0 Å². The van der Waals surface area contributed by atoms with Crippen molar-refractivity contribution >= 4 is 35.1 Å². The predicted octanol–water partition coefficient (Wildman–Crippen LogP) is 6.31. The summed E-state index contributed by atoms with van der Waals surface area (Å²) in [5, 5.41) is 9.59. The fourth-order valence-electron chi connectivity index (χ4n) is 2.96. The molecule has 0 radical (unpaired) electrons. The number of carboxylic acid groups (broad SMARTS) is 1. The molecule has 0 atom stereocenters. The van der Waals surface area contributed by atoms with Crippen LogP contribution < -0.4 is 0 Å². The van der Waals surface area contributed by atoms with Crippen LogP contribution in [0.2, 0.25) is 10.0 Å². The first kappa shape index (κ1) is 20.7. The molecule has 1 N–H and O–H groups in total. The highest BCUT2D eigenvalue weighted by Crippen LogP contribution is 2.41. The molecular weight excluding hydrogens is 399 g/mol. The van der Waals surface area contributed by atoms with E-state index in [4.69, 9.17) is 33.0 Å². The van der Waals surface area contributed by atoms with Gasteiger partial charge < -0.3 is 9.84 Å². The largest absolute Gasteiger partial charge is 0.478 e. The first-order valence-electron chi connectivity index (χ1n) is 9.40. The lowest BCUT2D eigenvalue weighted by atomic mass is 10.1. The van der Waals surface area contributed by atoms with E-state index >= 15 is 0 Å². The Hall–Kier alpha value is -2.04. The van der Waals surface area contributed by atoms with Crippen LogP contribution in [-0.2, 0) is 4.74 Å². The number of aromatic carboxylic acids is 1. The van der Waals surface area contributed by atoms with E-state index in [0.717, 1.165) is 5.56 Å². The van der Waals surface area contributed by atoms with Crippen LogP contribution in [0.5, 0.6) is 0 Å². The molecule has 0 saturated heterocycles. The quantitative estimate of drug-likeness (QED) is 0.575. The summed E-state index contributed by atoms with van der Waals surface area (Å²) >= 11 is 11.7. The van der Waals surface area contributed by atoms with Gasteiger partial charge in [-0.05, 0) is 79.8 Å². The van der Waals surface area contributed by atoms with E-state index in [9.17, 15) is 9.59 Å². The number of rotatable bonds is 5. The maximum Gasteiger partial charge on any atom is 0.339 e. The van der Waals surface area contributed by atoms with Crippen LogP contribution >= 0.6 is 23.2 Å². The molecule has 0 aliphatic heterocycles. The number of carbonyl (C=O) groups excluding carboxylic acids is 1. The van der Waals surface area contributed by atoms with Crippen molar-refractivity contribution in [3.63, 3.8) is 0 Å². The second-order valence-corrected chi connectivity index (χ2v) is 7.87. The Morgan fingerprint density at radius 2 is 1.39 bits per heavy atom. The summed E-state index contributed by atoms with van der Waals surface area (Å²) in [6.07, 6.45) is 4.76. The molecule has 0 aromatic heterocycles. The number of esters is 1. The number of benzene rings is 2. The Balaban J connectivity index is 0.000000162. The maximum atomic E-state index is 11.6. The molecule has 2 saturated carbocycles. The molecule has 2 aromatic carbocycles. The first-order chi connectivity index (χ1) is 13.4. The minimum absolute atomic E-state index is 0.214. The Kier molecular flexibility index (Phi) is 6.63. The molecular formula is C22H22Cl2O4. The van der Waals surface area contributed by atoms with Gasteiger partial charge in [0.15, 0.2) is 0 Å². The lowest BCUT2D eigenvalue weighted by molar-refractivity contribution is 0.0526. The predicted molar refractivity (Wildman–Crippen MR) is 110 cm³/mol. The number of ether oxygens (including phenoxy) is 1.